The molecule has 4 aromatic rings. The molecule has 0 spiro atoms. The number of piperazine rings is 1. The Kier molecular flexibility index (Phi) is 8.71. The summed E-state index contributed by atoms with van der Waals surface area (Å²) in [7, 11) is -3.83. The summed E-state index contributed by atoms with van der Waals surface area (Å²) in [6, 6.07) is 17.3. The number of esters is 1. The smallest absolute Gasteiger partial charge is 0.409 e. The minimum absolute atomic E-state index is 0.0364. The lowest BCUT2D eigenvalue weighted by Gasteiger charge is -2.33. The van der Waals surface area contributed by atoms with Crippen molar-refractivity contribution >= 4 is 60.3 Å². The van der Waals surface area contributed by atoms with Crippen molar-refractivity contribution in [3.8, 4) is 0 Å². The Morgan fingerprint density at radius 3 is 2.26 bits per heavy atom. The van der Waals surface area contributed by atoms with Gasteiger partial charge in [-0.3, -0.25) is 9.59 Å². The number of aromatic nitrogens is 1. The highest BCUT2D eigenvalue weighted by Crippen LogP contribution is 2.28. The third-order valence-corrected chi connectivity index (χ3v) is 9.91. The Morgan fingerprint density at radius 1 is 0.881 bits per heavy atom. The Hall–Kier alpha value is -4.07. The number of hydrogen-bond donors (Lipinski definition) is 0. The maximum atomic E-state index is 13.2. The SMILES string of the molecule is CCOC(=O)Cn1c(=NC(=O)c2ccc(S(=O)(=O)N3CCN(C(=O)OCC)CC3)cc2)sc2c3ccccc3ccc21. The zero-order valence-electron chi connectivity index (χ0n) is 23.2. The van der Waals surface area contributed by atoms with Crippen molar-refractivity contribution in [2.75, 3.05) is 39.4 Å². The minimum atomic E-state index is -3.83. The number of amides is 2. The maximum Gasteiger partial charge on any atom is 0.409 e. The highest BCUT2D eigenvalue weighted by molar-refractivity contribution is 7.89. The molecule has 11 nitrogen and oxygen atoms in total. The second-order valence-electron chi connectivity index (χ2n) is 9.44. The van der Waals surface area contributed by atoms with Crippen LogP contribution in [0.15, 0.2) is 70.6 Å². The van der Waals surface area contributed by atoms with E-state index in [1.54, 1.807) is 18.4 Å². The summed E-state index contributed by atoms with van der Waals surface area (Å²) in [6.07, 6.45) is -0.462. The molecule has 220 valence electrons. The third-order valence-electron chi connectivity index (χ3n) is 6.87. The molecule has 0 N–H and O–H groups in total. The van der Waals surface area contributed by atoms with Crippen LogP contribution in [0.2, 0.25) is 0 Å². The lowest BCUT2D eigenvalue weighted by molar-refractivity contribution is -0.143. The van der Waals surface area contributed by atoms with Crippen LogP contribution in [0.1, 0.15) is 24.2 Å². The number of carbonyl (C=O) groups excluding carboxylic acids is 3. The van der Waals surface area contributed by atoms with Gasteiger partial charge in [-0.25, -0.2) is 13.2 Å². The summed E-state index contributed by atoms with van der Waals surface area (Å²) in [6.45, 7) is 4.53. The van der Waals surface area contributed by atoms with Crippen LogP contribution in [0.5, 0.6) is 0 Å². The summed E-state index contributed by atoms with van der Waals surface area (Å²) in [5.74, 6) is -1.02. The Labute approximate surface area is 246 Å². The number of nitrogens with zero attached hydrogens (tertiary/aromatic N) is 4. The average Bonchev–Trinajstić information content (AvgIpc) is 3.34. The van der Waals surface area contributed by atoms with Crippen molar-refractivity contribution in [3.05, 3.63) is 71.0 Å². The Morgan fingerprint density at radius 2 is 1.57 bits per heavy atom. The molecule has 1 aromatic heterocycles. The fourth-order valence-corrected chi connectivity index (χ4v) is 7.35. The van der Waals surface area contributed by atoms with E-state index in [1.807, 2.05) is 36.4 Å². The van der Waals surface area contributed by atoms with E-state index in [4.69, 9.17) is 9.47 Å². The molecular weight excluding hydrogens is 580 g/mol. The number of ether oxygens (including phenoxy) is 2. The number of benzene rings is 3. The van der Waals surface area contributed by atoms with Crippen molar-refractivity contribution in [1.82, 2.24) is 13.8 Å². The average molecular weight is 611 g/mol. The van der Waals surface area contributed by atoms with Gasteiger partial charge in [0.25, 0.3) is 5.91 Å². The van der Waals surface area contributed by atoms with Crippen LogP contribution >= 0.6 is 11.3 Å². The molecule has 3 aromatic carbocycles. The van der Waals surface area contributed by atoms with Crippen LogP contribution in [0.3, 0.4) is 0 Å². The van der Waals surface area contributed by atoms with Crippen molar-refractivity contribution in [2.45, 2.75) is 25.3 Å². The molecule has 0 saturated carbocycles. The molecule has 0 bridgehead atoms. The van der Waals surface area contributed by atoms with Gasteiger partial charge in [0.2, 0.25) is 10.0 Å². The van der Waals surface area contributed by atoms with Crippen molar-refractivity contribution in [1.29, 1.82) is 0 Å². The monoisotopic (exact) mass is 610 g/mol. The van der Waals surface area contributed by atoms with Gasteiger partial charge in [-0.15, -0.1) is 0 Å². The molecule has 1 aliphatic rings. The van der Waals surface area contributed by atoms with E-state index >= 15 is 0 Å². The molecule has 42 heavy (non-hydrogen) atoms. The van der Waals surface area contributed by atoms with Crippen LogP contribution in [-0.4, -0.2) is 79.6 Å². The molecule has 0 unspecified atom stereocenters. The van der Waals surface area contributed by atoms with Gasteiger partial charge in [-0.2, -0.15) is 9.30 Å². The molecule has 0 aliphatic carbocycles. The maximum absolute atomic E-state index is 13.2. The number of rotatable bonds is 7. The molecular formula is C29H30N4O7S2. The van der Waals surface area contributed by atoms with Gasteiger partial charge in [-0.05, 0) is 49.6 Å². The first-order valence-electron chi connectivity index (χ1n) is 13.5. The second-order valence-corrected chi connectivity index (χ2v) is 12.4. The molecule has 1 fully saturated rings. The quantitative estimate of drug-likeness (QED) is 0.293. The predicted molar refractivity (Wildman–Crippen MR) is 158 cm³/mol. The van der Waals surface area contributed by atoms with Crippen molar-refractivity contribution in [2.24, 2.45) is 4.99 Å². The van der Waals surface area contributed by atoms with Gasteiger partial charge in [0, 0.05) is 37.1 Å². The fourth-order valence-electron chi connectivity index (χ4n) is 4.77. The summed E-state index contributed by atoms with van der Waals surface area (Å²) >= 11 is 1.30. The van der Waals surface area contributed by atoms with Gasteiger partial charge >= 0.3 is 12.1 Å². The Bertz CT molecular complexity index is 1820. The lowest BCUT2D eigenvalue weighted by atomic mass is 10.1. The molecule has 5 rings (SSSR count). The lowest BCUT2D eigenvalue weighted by Crippen LogP contribution is -2.50. The molecule has 2 amide bonds. The molecule has 1 saturated heterocycles. The van der Waals surface area contributed by atoms with E-state index in [1.165, 1.54) is 44.8 Å². The number of thiazole rings is 1. The summed E-state index contributed by atoms with van der Waals surface area (Å²) in [5, 5.41) is 2.00. The Balaban J connectivity index is 1.41. The molecule has 0 radical (unpaired) electrons. The first kappa shape index (κ1) is 29.4. The molecule has 13 heteroatoms. The highest BCUT2D eigenvalue weighted by Gasteiger charge is 2.30. The van der Waals surface area contributed by atoms with E-state index < -0.39 is 28.0 Å². The van der Waals surface area contributed by atoms with Crippen LogP contribution in [-0.2, 0) is 30.8 Å². The van der Waals surface area contributed by atoms with Crippen LogP contribution in [0.4, 0.5) is 4.79 Å². The van der Waals surface area contributed by atoms with Gasteiger partial charge < -0.3 is 18.9 Å². The van der Waals surface area contributed by atoms with E-state index in [9.17, 15) is 22.8 Å². The largest absolute Gasteiger partial charge is 0.465 e. The van der Waals surface area contributed by atoms with Crippen molar-refractivity contribution in [3.63, 3.8) is 0 Å². The van der Waals surface area contributed by atoms with E-state index in [-0.39, 0.29) is 56.4 Å². The zero-order valence-corrected chi connectivity index (χ0v) is 24.8. The first-order valence-corrected chi connectivity index (χ1v) is 15.8. The van der Waals surface area contributed by atoms with Crippen LogP contribution in [0.25, 0.3) is 21.0 Å². The van der Waals surface area contributed by atoms with Gasteiger partial charge in [0.15, 0.2) is 4.80 Å². The minimum Gasteiger partial charge on any atom is -0.465 e. The zero-order chi connectivity index (χ0) is 29.9. The molecule has 0 atom stereocenters. The van der Waals surface area contributed by atoms with E-state index in [0.717, 1.165) is 21.0 Å². The topological polar surface area (TPSA) is 128 Å². The van der Waals surface area contributed by atoms with E-state index in [2.05, 4.69) is 4.99 Å². The normalized spacial score (nSPS) is 14.8. The summed E-state index contributed by atoms with van der Waals surface area (Å²) in [4.78, 5) is 43.8. The number of sulfonamides is 1. The van der Waals surface area contributed by atoms with Crippen LogP contribution in [0, 0.1) is 0 Å². The molecule has 1 aliphatic heterocycles. The first-order chi connectivity index (χ1) is 20.2. The fraction of sp³-hybridized carbons (Fsp3) is 0.310. The van der Waals surface area contributed by atoms with Gasteiger partial charge in [-0.1, -0.05) is 41.7 Å². The highest BCUT2D eigenvalue weighted by atomic mass is 32.2. The van der Waals surface area contributed by atoms with E-state index in [0.29, 0.717) is 4.80 Å². The standard InChI is InChI=1S/C29H30N4O7S2/c1-3-39-25(34)19-33-24-14-11-20-7-5-6-8-23(20)26(24)41-28(33)30-27(35)21-9-12-22(13-10-21)42(37,38)32-17-15-31(16-18-32)29(36)40-4-2/h5-14H,3-4,15-19H2,1-2H3. The third kappa shape index (κ3) is 5.94. The summed E-state index contributed by atoms with van der Waals surface area (Å²) in [5.41, 5.74) is 0.953. The molecule has 2 heterocycles. The number of hydrogen-bond acceptors (Lipinski definition) is 8. The number of fused-ring (bicyclic) bond motifs is 3. The van der Waals surface area contributed by atoms with Crippen molar-refractivity contribution < 1.29 is 32.3 Å². The summed E-state index contributed by atoms with van der Waals surface area (Å²) < 4.78 is 40.4. The second kappa shape index (κ2) is 12.4. The van der Waals surface area contributed by atoms with Gasteiger partial charge in [0.1, 0.15) is 6.54 Å². The van der Waals surface area contributed by atoms with Crippen LogP contribution < -0.4 is 4.80 Å². The van der Waals surface area contributed by atoms with Gasteiger partial charge in [0.05, 0.1) is 28.3 Å². The predicted octanol–water partition coefficient (Wildman–Crippen LogP) is 3.62. The number of carbonyl (C=O) groups is 3.